The number of nitrogens with zero attached hydrogens (tertiary/aromatic N) is 1. The molecule has 2 unspecified atom stereocenters. The number of carbonyl (C=O) groups is 2. The van der Waals surface area contributed by atoms with Gasteiger partial charge in [-0.05, 0) is 33.6 Å². The Morgan fingerprint density at radius 1 is 1.42 bits per heavy atom. The van der Waals surface area contributed by atoms with E-state index >= 15 is 0 Å². The summed E-state index contributed by atoms with van der Waals surface area (Å²) < 4.78 is 11.0. The van der Waals surface area contributed by atoms with E-state index in [0.29, 0.717) is 25.9 Å². The van der Waals surface area contributed by atoms with Crippen LogP contribution in [0.2, 0.25) is 0 Å². The monoisotopic (exact) mass is 271 g/mol. The maximum Gasteiger partial charge on any atom is 0.410 e. The van der Waals surface area contributed by atoms with Crippen molar-refractivity contribution in [3.05, 3.63) is 0 Å². The fourth-order valence-corrected chi connectivity index (χ4v) is 2.61. The maximum atomic E-state index is 11.9. The summed E-state index contributed by atoms with van der Waals surface area (Å²) in [6, 6.07) is 0. The predicted molar refractivity (Wildman–Crippen MR) is 66.8 cm³/mol. The second-order valence-corrected chi connectivity index (χ2v) is 6.39. The molecular weight excluding hydrogens is 250 g/mol. The quantitative estimate of drug-likeness (QED) is 0.782. The van der Waals surface area contributed by atoms with Gasteiger partial charge in [0.05, 0.1) is 24.7 Å². The van der Waals surface area contributed by atoms with Gasteiger partial charge < -0.3 is 19.5 Å². The third-order valence-electron chi connectivity index (χ3n) is 3.53. The summed E-state index contributed by atoms with van der Waals surface area (Å²) in [4.78, 5) is 24.5. The summed E-state index contributed by atoms with van der Waals surface area (Å²) in [6.45, 7) is 6.68. The minimum absolute atomic E-state index is 0.234. The maximum absolute atomic E-state index is 11.9. The van der Waals surface area contributed by atoms with Crippen LogP contribution in [0.1, 0.15) is 33.6 Å². The number of carboxylic acids is 1. The summed E-state index contributed by atoms with van der Waals surface area (Å²) in [5.74, 6) is -1.29. The molecule has 19 heavy (non-hydrogen) atoms. The first-order valence-corrected chi connectivity index (χ1v) is 6.55. The molecular formula is C13H21NO5. The molecule has 2 aliphatic rings. The van der Waals surface area contributed by atoms with Crippen molar-refractivity contribution in [2.75, 3.05) is 19.7 Å². The molecule has 2 rings (SSSR count). The van der Waals surface area contributed by atoms with Gasteiger partial charge in [-0.1, -0.05) is 0 Å². The number of ether oxygens (including phenoxy) is 2. The molecule has 108 valence electrons. The lowest BCUT2D eigenvalue weighted by Gasteiger charge is -2.26. The van der Waals surface area contributed by atoms with E-state index in [1.165, 1.54) is 0 Å². The molecule has 0 saturated carbocycles. The summed E-state index contributed by atoms with van der Waals surface area (Å²) in [7, 11) is 0. The highest BCUT2D eigenvalue weighted by Gasteiger charge is 2.49. The predicted octanol–water partition coefficient (Wildman–Crippen LogP) is 1.49. The number of rotatable bonds is 1. The lowest BCUT2D eigenvalue weighted by Crippen LogP contribution is -2.39. The normalized spacial score (nSPS) is 30.9. The van der Waals surface area contributed by atoms with E-state index < -0.39 is 23.1 Å². The number of hydrogen-bond acceptors (Lipinski definition) is 4. The molecule has 0 aromatic heterocycles. The fourth-order valence-electron chi connectivity index (χ4n) is 2.61. The Labute approximate surface area is 112 Å². The zero-order valence-corrected chi connectivity index (χ0v) is 11.6. The molecule has 1 amide bonds. The van der Waals surface area contributed by atoms with E-state index in [1.54, 1.807) is 4.90 Å². The third-order valence-corrected chi connectivity index (χ3v) is 3.53. The van der Waals surface area contributed by atoms with Crippen LogP contribution in [0.15, 0.2) is 0 Å². The molecule has 6 heteroatoms. The van der Waals surface area contributed by atoms with Gasteiger partial charge in [0.25, 0.3) is 0 Å². The smallest absolute Gasteiger partial charge is 0.410 e. The highest BCUT2D eigenvalue weighted by Crippen LogP contribution is 2.38. The Kier molecular flexibility index (Phi) is 3.47. The van der Waals surface area contributed by atoms with Gasteiger partial charge in [0.15, 0.2) is 0 Å². The minimum Gasteiger partial charge on any atom is -0.481 e. The molecule has 6 nitrogen and oxygen atoms in total. The van der Waals surface area contributed by atoms with E-state index in [-0.39, 0.29) is 12.7 Å². The number of likely N-dealkylation sites (tertiary alicyclic amines) is 1. The van der Waals surface area contributed by atoms with Gasteiger partial charge in [0.1, 0.15) is 5.60 Å². The van der Waals surface area contributed by atoms with Crippen LogP contribution in [0.25, 0.3) is 0 Å². The van der Waals surface area contributed by atoms with Crippen LogP contribution in [-0.2, 0) is 14.3 Å². The van der Waals surface area contributed by atoms with Crippen molar-refractivity contribution < 1.29 is 24.2 Å². The summed E-state index contributed by atoms with van der Waals surface area (Å²) in [5, 5.41) is 9.00. The molecule has 2 aliphatic heterocycles. The molecule has 2 atom stereocenters. The van der Waals surface area contributed by atoms with E-state index in [1.807, 2.05) is 20.8 Å². The minimum atomic E-state index is -0.826. The average molecular weight is 271 g/mol. The number of carbonyl (C=O) groups excluding carboxylic acids is 1. The van der Waals surface area contributed by atoms with E-state index in [0.717, 1.165) is 0 Å². The molecule has 2 fully saturated rings. The van der Waals surface area contributed by atoms with Crippen LogP contribution in [0, 0.1) is 5.92 Å². The van der Waals surface area contributed by atoms with Gasteiger partial charge in [-0.15, -0.1) is 0 Å². The summed E-state index contributed by atoms with van der Waals surface area (Å²) in [6.07, 6.45) is 0.796. The van der Waals surface area contributed by atoms with Gasteiger partial charge >= 0.3 is 12.1 Å². The van der Waals surface area contributed by atoms with Crippen molar-refractivity contribution in [1.29, 1.82) is 0 Å². The third kappa shape index (κ3) is 3.18. The summed E-state index contributed by atoms with van der Waals surface area (Å²) >= 11 is 0. The van der Waals surface area contributed by atoms with Gasteiger partial charge in [-0.2, -0.15) is 0 Å². The highest BCUT2D eigenvalue weighted by molar-refractivity contribution is 5.71. The second-order valence-electron chi connectivity index (χ2n) is 6.39. The number of aliphatic carboxylic acids is 1. The van der Waals surface area contributed by atoms with E-state index in [2.05, 4.69) is 0 Å². The van der Waals surface area contributed by atoms with Gasteiger partial charge in [-0.3, -0.25) is 4.79 Å². The first kappa shape index (κ1) is 14.1. The van der Waals surface area contributed by atoms with Crippen LogP contribution < -0.4 is 0 Å². The van der Waals surface area contributed by atoms with Crippen molar-refractivity contribution in [1.82, 2.24) is 4.90 Å². The van der Waals surface area contributed by atoms with Gasteiger partial charge in [0.2, 0.25) is 0 Å². The molecule has 0 radical (unpaired) electrons. The molecule has 0 aliphatic carbocycles. The van der Waals surface area contributed by atoms with Crippen molar-refractivity contribution in [3.63, 3.8) is 0 Å². The van der Waals surface area contributed by atoms with Crippen molar-refractivity contribution in [2.45, 2.75) is 44.8 Å². The molecule has 1 N–H and O–H groups in total. The van der Waals surface area contributed by atoms with Crippen LogP contribution in [-0.4, -0.2) is 53.0 Å². The lowest BCUT2D eigenvalue weighted by atomic mass is 9.93. The Morgan fingerprint density at radius 2 is 2.11 bits per heavy atom. The Balaban J connectivity index is 1.93. The summed E-state index contributed by atoms with van der Waals surface area (Å²) in [5.41, 5.74) is -1.01. The topological polar surface area (TPSA) is 76.1 Å². The zero-order valence-electron chi connectivity index (χ0n) is 11.6. The molecule has 1 spiro atoms. The zero-order chi connectivity index (χ0) is 14.3. The molecule has 0 bridgehead atoms. The van der Waals surface area contributed by atoms with Crippen molar-refractivity contribution >= 4 is 12.1 Å². The standard InChI is InChI=1S/C13H21NO5/c1-12(2,3)19-11(17)14-5-4-13(8-14)6-9(7-18-13)10(15)16/h9H,4-8H2,1-3H3,(H,15,16). The van der Waals surface area contributed by atoms with Crippen LogP contribution in [0.3, 0.4) is 0 Å². The second kappa shape index (κ2) is 4.67. The van der Waals surface area contributed by atoms with E-state index in [9.17, 15) is 9.59 Å². The van der Waals surface area contributed by atoms with Crippen LogP contribution in [0.4, 0.5) is 4.79 Å². The molecule has 0 aromatic carbocycles. The van der Waals surface area contributed by atoms with Crippen molar-refractivity contribution in [2.24, 2.45) is 5.92 Å². The molecule has 0 aromatic rings. The molecule has 2 saturated heterocycles. The number of amides is 1. The Bertz CT molecular complexity index is 389. The first-order valence-electron chi connectivity index (χ1n) is 6.55. The van der Waals surface area contributed by atoms with Gasteiger partial charge in [-0.25, -0.2) is 4.79 Å². The Morgan fingerprint density at radius 3 is 2.63 bits per heavy atom. The highest BCUT2D eigenvalue weighted by atomic mass is 16.6. The Hall–Kier alpha value is -1.30. The first-order chi connectivity index (χ1) is 8.71. The largest absolute Gasteiger partial charge is 0.481 e. The number of carboxylic acid groups (broad SMARTS) is 1. The van der Waals surface area contributed by atoms with Crippen LogP contribution >= 0.6 is 0 Å². The lowest BCUT2D eigenvalue weighted by molar-refractivity contribution is -0.141. The fraction of sp³-hybridized carbons (Fsp3) is 0.846. The SMILES string of the molecule is CC(C)(C)OC(=O)N1CCC2(CC(C(=O)O)CO2)C1. The van der Waals surface area contributed by atoms with E-state index in [4.69, 9.17) is 14.6 Å². The van der Waals surface area contributed by atoms with Crippen LogP contribution in [0.5, 0.6) is 0 Å². The molecule has 2 heterocycles. The van der Waals surface area contributed by atoms with Crippen molar-refractivity contribution in [3.8, 4) is 0 Å². The van der Waals surface area contributed by atoms with Gasteiger partial charge in [0, 0.05) is 6.54 Å². The average Bonchev–Trinajstić information content (AvgIpc) is 2.85. The number of hydrogen-bond donors (Lipinski definition) is 1.